The van der Waals surface area contributed by atoms with Crippen molar-refractivity contribution in [3.05, 3.63) is 52.8 Å². The molecule has 1 saturated heterocycles. The number of carbonyl (C=O) groups excluding carboxylic acids is 3. The summed E-state index contributed by atoms with van der Waals surface area (Å²) in [5, 5.41) is 5.33. The predicted octanol–water partition coefficient (Wildman–Crippen LogP) is 3.73. The maximum Gasteiger partial charge on any atom is 0.262 e. The normalized spacial score (nSPS) is 15.7. The third-order valence-corrected chi connectivity index (χ3v) is 5.40. The van der Waals surface area contributed by atoms with Crippen LogP contribution in [-0.4, -0.2) is 37.4 Å². The number of anilines is 2. The quantitative estimate of drug-likeness (QED) is 0.572. The van der Waals surface area contributed by atoms with Gasteiger partial charge in [0, 0.05) is 29.7 Å². The zero-order valence-electron chi connectivity index (χ0n) is 17.9. The first kappa shape index (κ1) is 23.7. The molecule has 1 fully saturated rings. The average Bonchev–Trinajstić information content (AvgIpc) is 3.14. The molecular formula is C23H25BrFN3O4. The molecule has 2 N–H and O–H groups in total. The van der Waals surface area contributed by atoms with E-state index in [1.165, 1.54) is 12.1 Å². The molecule has 1 atom stereocenters. The molecule has 1 aliphatic rings. The molecule has 0 bridgehead atoms. The molecule has 0 unspecified atom stereocenters. The molecular weight excluding hydrogens is 481 g/mol. The SMILES string of the molecule is CC(C)CNC(=O)[C@@H]1CC(=O)N(c2ccc(OCC(=O)Nc3ccc(Br)cc3F)cc2)C1. The van der Waals surface area contributed by atoms with E-state index in [1.807, 2.05) is 13.8 Å². The van der Waals surface area contributed by atoms with Crippen LogP contribution >= 0.6 is 15.9 Å². The monoisotopic (exact) mass is 505 g/mol. The van der Waals surface area contributed by atoms with Gasteiger partial charge in [0.15, 0.2) is 6.61 Å². The Hall–Kier alpha value is -2.94. The van der Waals surface area contributed by atoms with Crippen LogP contribution in [-0.2, 0) is 14.4 Å². The minimum absolute atomic E-state index is 0.0664. The molecule has 3 rings (SSSR count). The first-order chi connectivity index (χ1) is 15.2. The van der Waals surface area contributed by atoms with Crippen LogP contribution in [0.5, 0.6) is 5.75 Å². The van der Waals surface area contributed by atoms with E-state index in [2.05, 4.69) is 26.6 Å². The second-order valence-electron chi connectivity index (χ2n) is 8.00. The largest absolute Gasteiger partial charge is 0.484 e. The summed E-state index contributed by atoms with van der Waals surface area (Å²) in [5.41, 5.74) is 0.722. The highest BCUT2D eigenvalue weighted by Gasteiger charge is 2.35. The third-order valence-electron chi connectivity index (χ3n) is 4.90. The molecule has 0 aromatic heterocycles. The van der Waals surface area contributed by atoms with Crippen LogP contribution in [0.2, 0.25) is 0 Å². The van der Waals surface area contributed by atoms with Crippen molar-refractivity contribution < 1.29 is 23.5 Å². The molecule has 0 aliphatic carbocycles. The first-order valence-corrected chi connectivity index (χ1v) is 11.1. The van der Waals surface area contributed by atoms with Gasteiger partial charge in [-0.05, 0) is 48.4 Å². The van der Waals surface area contributed by atoms with Gasteiger partial charge in [0.05, 0.1) is 11.6 Å². The van der Waals surface area contributed by atoms with Crippen molar-refractivity contribution in [1.29, 1.82) is 0 Å². The average molecular weight is 506 g/mol. The van der Waals surface area contributed by atoms with E-state index in [4.69, 9.17) is 4.74 Å². The smallest absolute Gasteiger partial charge is 0.262 e. The standard InChI is InChI=1S/C23H25BrFN3O4/c1-14(2)11-26-23(31)15-9-22(30)28(12-15)17-4-6-18(7-5-17)32-13-21(29)27-20-8-3-16(24)10-19(20)25/h3-8,10,14-15H,9,11-13H2,1-2H3,(H,26,31)(H,27,29)/t15-/m1/s1. The molecule has 0 radical (unpaired) electrons. The molecule has 3 amide bonds. The number of carbonyl (C=O) groups is 3. The van der Waals surface area contributed by atoms with Crippen LogP contribution in [0.4, 0.5) is 15.8 Å². The van der Waals surface area contributed by atoms with Gasteiger partial charge in [-0.15, -0.1) is 0 Å². The van der Waals surface area contributed by atoms with Crippen molar-refractivity contribution in [2.24, 2.45) is 11.8 Å². The third kappa shape index (κ3) is 6.29. The second kappa shape index (κ2) is 10.6. The molecule has 2 aromatic carbocycles. The van der Waals surface area contributed by atoms with Gasteiger partial charge >= 0.3 is 0 Å². The topological polar surface area (TPSA) is 87.7 Å². The van der Waals surface area contributed by atoms with E-state index in [0.29, 0.717) is 34.9 Å². The van der Waals surface area contributed by atoms with Crippen molar-refractivity contribution in [2.75, 3.05) is 29.9 Å². The molecule has 170 valence electrons. The number of rotatable bonds is 8. The van der Waals surface area contributed by atoms with Crippen LogP contribution in [0.15, 0.2) is 46.9 Å². The maximum absolute atomic E-state index is 13.8. The van der Waals surface area contributed by atoms with Gasteiger partial charge in [0.25, 0.3) is 5.91 Å². The molecule has 0 saturated carbocycles. The van der Waals surface area contributed by atoms with Crippen LogP contribution < -0.4 is 20.3 Å². The number of benzene rings is 2. The first-order valence-electron chi connectivity index (χ1n) is 10.3. The van der Waals surface area contributed by atoms with Crippen molar-refractivity contribution in [2.45, 2.75) is 20.3 Å². The Labute approximate surface area is 194 Å². The summed E-state index contributed by atoms with van der Waals surface area (Å²) in [4.78, 5) is 38.3. The summed E-state index contributed by atoms with van der Waals surface area (Å²) in [6, 6.07) is 11.0. The minimum atomic E-state index is -0.552. The maximum atomic E-state index is 13.8. The van der Waals surface area contributed by atoms with E-state index in [1.54, 1.807) is 35.2 Å². The summed E-state index contributed by atoms with van der Waals surface area (Å²) in [5.74, 6) is -0.876. The lowest BCUT2D eigenvalue weighted by atomic mass is 10.1. The number of amides is 3. The van der Waals surface area contributed by atoms with Crippen LogP contribution in [0.3, 0.4) is 0 Å². The van der Waals surface area contributed by atoms with Crippen molar-refractivity contribution in [3.63, 3.8) is 0 Å². The summed E-state index contributed by atoms with van der Waals surface area (Å²) >= 11 is 3.16. The zero-order valence-corrected chi connectivity index (χ0v) is 19.4. The summed E-state index contributed by atoms with van der Waals surface area (Å²) in [6.07, 6.45) is 0.176. The number of halogens is 2. The Kier molecular flexibility index (Phi) is 7.84. The van der Waals surface area contributed by atoms with Gasteiger partial charge in [-0.1, -0.05) is 29.8 Å². The minimum Gasteiger partial charge on any atom is -0.484 e. The molecule has 2 aromatic rings. The van der Waals surface area contributed by atoms with Crippen molar-refractivity contribution >= 4 is 45.0 Å². The van der Waals surface area contributed by atoms with E-state index >= 15 is 0 Å². The lowest BCUT2D eigenvalue weighted by Crippen LogP contribution is -2.35. The predicted molar refractivity (Wildman–Crippen MR) is 123 cm³/mol. The van der Waals surface area contributed by atoms with Gasteiger partial charge in [-0.2, -0.15) is 0 Å². The molecule has 32 heavy (non-hydrogen) atoms. The van der Waals surface area contributed by atoms with Gasteiger partial charge in [-0.3, -0.25) is 14.4 Å². The van der Waals surface area contributed by atoms with Gasteiger partial charge in [-0.25, -0.2) is 4.39 Å². The Morgan fingerprint density at radius 2 is 1.94 bits per heavy atom. The summed E-state index contributed by atoms with van der Waals surface area (Å²) < 4.78 is 19.8. The van der Waals surface area contributed by atoms with Crippen LogP contribution in [0.25, 0.3) is 0 Å². The van der Waals surface area contributed by atoms with Crippen molar-refractivity contribution in [3.8, 4) is 5.75 Å². The molecule has 0 spiro atoms. The fourth-order valence-corrected chi connectivity index (χ4v) is 3.56. The van der Waals surface area contributed by atoms with Crippen molar-refractivity contribution in [1.82, 2.24) is 5.32 Å². The van der Waals surface area contributed by atoms with Gasteiger partial charge < -0.3 is 20.3 Å². The number of nitrogens with one attached hydrogen (secondary N) is 2. The van der Waals surface area contributed by atoms with E-state index < -0.39 is 11.7 Å². The highest BCUT2D eigenvalue weighted by atomic mass is 79.9. The van der Waals surface area contributed by atoms with Gasteiger partial charge in [0.2, 0.25) is 11.8 Å². The highest BCUT2D eigenvalue weighted by Crippen LogP contribution is 2.27. The number of hydrogen-bond acceptors (Lipinski definition) is 4. The van der Waals surface area contributed by atoms with Gasteiger partial charge in [0.1, 0.15) is 11.6 Å². The summed E-state index contributed by atoms with van der Waals surface area (Å²) in [6.45, 7) is 4.63. The summed E-state index contributed by atoms with van der Waals surface area (Å²) in [7, 11) is 0. The van der Waals surface area contributed by atoms with E-state index in [-0.39, 0.29) is 36.4 Å². The molecule has 1 heterocycles. The number of hydrogen-bond donors (Lipinski definition) is 2. The Morgan fingerprint density at radius 1 is 1.22 bits per heavy atom. The molecule has 9 heteroatoms. The Bertz CT molecular complexity index is 997. The number of nitrogens with zero attached hydrogens (tertiary/aromatic N) is 1. The number of ether oxygens (including phenoxy) is 1. The Morgan fingerprint density at radius 3 is 2.59 bits per heavy atom. The molecule has 1 aliphatic heterocycles. The van der Waals surface area contributed by atoms with Crippen LogP contribution in [0, 0.1) is 17.7 Å². The zero-order chi connectivity index (χ0) is 23.3. The van der Waals surface area contributed by atoms with E-state index in [9.17, 15) is 18.8 Å². The lowest BCUT2D eigenvalue weighted by Gasteiger charge is -2.17. The Balaban J connectivity index is 1.52. The fourth-order valence-electron chi connectivity index (χ4n) is 3.23. The highest BCUT2D eigenvalue weighted by molar-refractivity contribution is 9.10. The molecule has 7 nitrogen and oxygen atoms in total. The lowest BCUT2D eigenvalue weighted by molar-refractivity contribution is -0.126. The van der Waals surface area contributed by atoms with E-state index in [0.717, 1.165) is 0 Å². The van der Waals surface area contributed by atoms with Crippen LogP contribution in [0.1, 0.15) is 20.3 Å². The fraction of sp³-hybridized carbons (Fsp3) is 0.348. The second-order valence-corrected chi connectivity index (χ2v) is 8.91.